The fourth-order valence-electron chi connectivity index (χ4n) is 2.00. The topological polar surface area (TPSA) is 56.3 Å². The Labute approximate surface area is 125 Å². The molecule has 104 valence electrons. The van der Waals surface area contributed by atoms with Gasteiger partial charge in [-0.1, -0.05) is 30.3 Å². The van der Waals surface area contributed by atoms with Gasteiger partial charge in [0.2, 0.25) is 5.01 Å². The zero-order valence-corrected chi connectivity index (χ0v) is 12.0. The molecule has 2 aromatic carbocycles. The van der Waals surface area contributed by atoms with Crippen molar-refractivity contribution in [2.75, 3.05) is 7.11 Å². The van der Waals surface area contributed by atoms with Crippen molar-refractivity contribution in [1.29, 1.82) is 0 Å². The molecule has 0 aliphatic heterocycles. The van der Waals surface area contributed by atoms with Crippen LogP contribution in [0.3, 0.4) is 0 Å². The Bertz CT molecular complexity index is 824. The average molecular weight is 297 g/mol. The number of aromatic nitrogens is 1. The van der Waals surface area contributed by atoms with Crippen LogP contribution in [0.15, 0.2) is 48.5 Å². The largest absolute Gasteiger partial charge is 0.464 e. The molecule has 1 aromatic heterocycles. The molecule has 1 heterocycles. The Balaban J connectivity index is 2.01. The number of carbonyl (C=O) groups is 2. The maximum Gasteiger partial charge on any atom is 0.367 e. The van der Waals surface area contributed by atoms with Crippen molar-refractivity contribution in [1.82, 2.24) is 4.98 Å². The summed E-state index contributed by atoms with van der Waals surface area (Å²) < 4.78 is 5.44. The van der Waals surface area contributed by atoms with Crippen LogP contribution in [-0.4, -0.2) is 23.8 Å². The molecule has 0 N–H and O–H groups in total. The Morgan fingerprint density at radius 2 is 1.81 bits per heavy atom. The molecule has 21 heavy (non-hydrogen) atoms. The normalized spacial score (nSPS) is 10.5. The lowest BCUT2D eigenvalue weighted by Crippen LogP contribution is -2.00. The first-order chi connectivity index (χ1) is 10.2. The SMILES string of the molecule is COC(=O)c1nc2ccc(C(=O)c3ccccc3)cc2s1. The number of esters is 1. The van der Waals surface area contributed by atoms with Crippen LogP contribution < -0.4 is 0 Å². The molecule has 0 amide bonds. The first kappa shape index (κ1) is 13.5. The summed E-state index contributed by atoms with van der Waals surface area (Å²) >= 11 is 1.22. The third-order valence-electron chi connectivity index (χ3n) is 3.05. The zero-order valence-electron chi connectivity index (χ0n) is 11.2. The zero-order chi connectivity index (χ0) is 14.8. The van der Waals surface area contributed by atoms with E-state index in [2.05, 4.69) is 9.72 Å². The molecule has 0 aliphatic rings. The predicted octanol–water partition coefficient (Wildman–Crippen LogP) is 3.31. The van der Waals surface area contributed by atoms with E-state index in [1.807, 2.05) is 18.2 Å². The third-order valence-corrected chi connectivity index (χ3v) is 4.04. The van der Waals surface area contributed by atoms with Crippen LogP contribution in [0.1, 0.15) is 25.7 Å². The molecule has 0 spiro atoms. The third kappa shape index (κ3) is 2.55. The van der Waals surface area contributed by atoms with Crippen LogP contribution in [0.25, 0.3) is 10.2 Å². The first-order valence-corrected chi connectivity index (χ1v) is 7.09. The number of benzene rings is 2. The maximum atomic E-state index is 12.4. The highest BCUT2D eigenvalue weighted by molar-refractivity contribution is 7.20. The van der Waals surface area contributed by atoms with E-state index in [1.54, 1.807) is 30.3 Å². The number of hydrogen-bond acceptors (Lipinski definition) is 5. The van der Waals surface area contributed by atoms with Crippen LogP contribution in [0.4, 0.5) is 0 Å². The van der Waals surface area contributed by atoms with Crippen LogP contribution in [-0.2, 0) is 4.74 Å². The van der Waals surface area contributed by atoms with E-state index in [-0.39, 0.29) is 10.8 Å². The molecule has 0 saturated heterocycles. The second-order valence-electron chi connectivity index (χ2n) is 4.39. The number of rotatable bonds is 3. The molecule has 0 fully saturated rings. The second-order valence-corrected chi connectivity index (χ2v) is 5.42. The molecule has 3 rings (SSSR count). The van der Waals surface area contributed by atoms with Gasteiger partial charge in [-0.3, -0.25) is 4.79 Å². The minimum atomic E-state index is -0.466. The summed E-state index contributed by atoms with van der Waals surface area (Å²) in [5.74, 6) is -0.516. The van der Waals surface area contributed by atoms with Gasteiger partial charge in [-0.2, -0.15) is 0 Å². The van der Waals surface area contributed by atoms with Gasteiger partial charge in [0.05, 0.1) is 17.3 Å². The predicted molar refractivity (Wildman–Crippen MR) is 80.8 cm³/mol. The number of fused-ring (bicyclic) bond motifs is 1. The number of methoxy groups -OCH3 is 1. The summed E-state index contributed by atoms with van der Waals surface area (Å²) in [5, 5.41) is 0.289. The lowest BCUT2D eigenvalue weighted by Gasteiger charge is -2.00. The molecule has 0 aliphatic carbocycles. The Kier molecular flexibility index (Phi) is 3.50. The van der Waals surface area contributed by atoms with Gasteiger partial charge in [-0.05, 0) is 18.2 Å². The Hall–Kier alpha value is -2.53. The van der Waals surface area contributed by atoms with Crippen molar-refractivity contribution in [3.8, 4) is 0 Å². The van der Waals surface area contributed by atoms with E-state index < -0.39 is 5.97 Å². The van der Waals surface area contributed by atoms with Crippen molar-refractivity contribution in [3.05, 3.63) is 64.7 Å². The van der Waals surface area contributed by atoms with Crippen molar-refractivity contribution in [2.24, 2.45) is 0 Å². The minimum absolute atomic E-state index is 0.0504. The fraction of sp³-hybridized carbons (Fsp3) is 0.0625. The molecule has 0 saturated carbocycles. The molecular formula is C16H11NO3S. The highest BCUT2D eigenvalue weighted by atomic mass is 32.1. The number of ketones is 1. The van der Waals surface area contributed by atoms with Gasteiger partial charge in [0.15, 0.2) is 5.78 Å². The van der Waals surface area contributed by atoms with Crippen LogP contribution in [0, 0.1) is 0 Å². The van der Waals surface area contributed by atoms with E-state index in [4.69, 9.17) is 0 Å². The van der Waals surface area contributed by atoms with Crippen molar-refractivity contribution in [3.63, 3.8) is 0 Å². The number of hydrogen-bond donors (Lipinski definition) is 0. The summed E-state index contributed by atoms with van der Waals surface area (Å²) in [6.45, 7) is 0. The number of nitrogens with zero attached hydrogens (tertiary/aromatic N) is 1. The summed E-state index contributed by atoms with van der Waals surface area (Å²) in [4.78, 5) is 28.1. The summed E-state index contributed by atoms with van der Waals surface area (Å²) in [5.41, 5.74) is 1.90. The number of ether oxygens (including phenoxy) is 1. The molecule has 0 bridgehead atoms. The van der Waals surface area contributed by atoms with Crippen molar-refractivity contribution >= 4 is 33.3 Å². The highest BCUT2D eigenvalue weighted by Crippen LogP contribution is 2.24. The van der Waals surface area contributed by atoms with E-state index in [1.165, 1.54) is 18.4 Å². The molecule has 0 radical (unpaired) electrons. The summed E-state index contributed by atoms with van der Waals surface area (Å²) in [6.07, 6.45) is 0. The van der Waals surface area contributed by atoms with Crippen molar-refractivity contribution in [2.45, 2.75) is 0 Å². The molecule has 4 nitrogen and oxygen atoms in total. The van der Waals surface area contributed by atoms with Gasteiger partial charge < -0.3 is 4.74 Å². The lowest BCUT2D eigenvalue weighted by atomic mass is 10.0. The van der Waals surface area contributed by atoms with Crippen LogP contribution in [0.2, 0.25) is 0 Å². The first-order valence-electron chi connectivity index (χ1n) is 6.27. The molecule has 0 unspecified atom stereocenters. The summed E-state index contributed by atoms with van der Waals surface area (Å²) in [6, 6.07) is 14.3. The molecule has 0 atom stereocenters. The monoisotopic (exact) mass is 297 g/mol. The molecule has 5 heteroatoms. The highest BCUT2D eigenvalue weighted by Gasteiger charge is 2.14. The van der Waals surface area contributed by atoms with Gasteiger partial charge in [-0.15, -0.1) is 11.3 Å². The van der Waals surface area contributed by atoms with Crippen LogP contribution in [0.5, 0.6) is 0 Å². The van der Waals surface area contributed by atoms with Gasteiger partial charge in [0, 0.05) is 11.1 Å². The van der Waals surface area contributed by atoms with Gasteiger partial charge in [0.1, 0.15) is 0 Å². The quantitative estimate of drug-likeness (QED) is 0.550. The molecule has 3 aromatic rings. The Morgan fingerprint density at radius 1 is 1.05 bits per heavy atom. The smallest absolute Gasteiger partial charge is 0.367 e. The maximum absolute atomic E-state index is 12.4. The number of carbonyl (C=O) groups excluding carboxylic acids is 2. The van der Waals surface area contributed by atoms with Crippen LogP contribution >= 0.6 is 11.3 Å². The lowest BCUT2D eigenvalue weighted by molar-refractivity contribution is 0.0600. The molecular weight excluding hydrogens is 286 g/mol. The number of thiazole rings is 1. The average Bonchev–Trinajstić information content (AvgIpc) is 2.97. The standard InChI is InChI=1S/C16H11NO3S/c1-20-16(19)15-17-12-8-7-11(9-13(12)21-15)14(18)10-5-3-2-4-6-10/h2-9H,1H3. The van der Waals surface area contributed by atoms with Gasteiger partial charge >= 0.3 is 5.97 Å². The Morgan fingerprint density at radius 3 is 2.52 bits per heavy atom. The fourth-order valence-corrected chi connectivity index (χ4v) is 2.92. The second kappa shape index (κ2) is 5.46. The summed E-state index contributed by atoms with van der Waals surface area (Å²) in [7, 11) is 1.32. The minimum Gasteiger partial charge on any atom is -0.464 e. The van der Waals surface area contributed by atoms with E-state index in [9.17, 15) is 9.59 Å². The van der Waals surface area contributed by atoms with Crippen molar-refractivity contribution < 1.29 is 14.3 Å². The van der Waals surface area contributed by atoms with E-state index in [0.29, 0.717) is 16.6 Å². The van der Waals surface area contributed by atoms with Gasteiger partial charge in [0.25, 0.3) is 0 Å². The van der Waals surface area contributed by atoms with E-state index >= 15 is 0 Å². The van der Waals surface area contributed by atoms with E-state index in [0.717, 1.165) is 4.70 Å². The van der Waals surface area contributed by atoms with Gasteiger partial charge in [-0.25, -0.2) is 9.78 Å².